The number of guanidine groups is 1. The minimum absolute atomic E-state index is 0. The normalized spacial score (nSPS) is 19.5. The molecule has 0 aliphatic heterocycles. The molecule has 25 heavy (non-hydrogen) atoms. The molecule has 0 aromatic carbocycles. The molecule has 2 N–H and O–H groups in total. The Morgan fingerprint density at radius 2 is 1.92 bits per heavy atom. The number of halogens is 1. The fourth-order valence-corrected chi connectivity index (χ4v) is 3.43. The van der Waals surface area contributed by atoms with Gasteiger partial charge in [-0.05, 0) is 56.8 Å². The highest BCUT2D eigenvalue weighted by Crippen LogP contribution is 2.41. The van der Waals surface area contributed by atoms with Crippen molar-refractivity contribution in [2.24, 2.45) is 16.3 Å². The number of aliphatic imine (C=N–C) groups is 1. The molecule has 0 bridgehead atoms. The van der Waals surface area contributed by atoms with Crippen LogP contribution in [0, 0.1) is 11.3 Å². The van der Waals surface area contributed by atoms with Crippen molar-refractivity contribution >= 4 is 29.9 Å². The van der Waals surface area contributed by atoms with Crippen LogP contribution in [0.4, 0.5) is 0 Å². The SMILES string of the molecule is CCNC(=NCC1(CCOC)CCCC1)NCCCOCC1CC1.I. The van der Waals surface area contributed by atoms with Crippen LogP contribution in [0.25, 0.3) is 0 Å². The second-order valence-corrected chi connectivity index (χ2v) is 7.44. The van der Waals surface area contributed by atoms with E-state index in [0.717, 1.165) is 64.2 Å². The van der Waals surface area contributed by atoms with Gasteiger partial charge in [-0.1, -0.05) is 12.8 Å². The number of nitrogens with one attached hydrogen (secondary N) is 2. The lowest BCUT2D eigenvalue weighted by molar-refractivity contribution is 0.123. The van der Waals surface area contributed by atoms with Crippen molar-refractivity contribution in [1.29, 1.82) is 0 Å². The van der Waals surface area contributed by atoms with E-state index in [2.05, 4.69) is 17.6 Å². The summed E-state index contributed by atoms with van der Waals surface area (Å²) in [5.41, 5.74) is 0.353. The smallest absolute Gasteiger partial charge is 0.191 e. The number of hydrogen-bond acceptors (Lipinski definition) is 3. The van der Waals surface area contributed by atoms with Crippen LogP contribution < -0.4 is 10.6 Å². The Balaban J connectivity index is 0.00000312. The van der Waals surface area contributed by atoms with Gasteiger partial charge in [0.15, 0.2) is 5.96 Å². The summed E-state index contributed by atoms with van der Waals surface area (Å²) in [5, 5.41) is 6.82. The predicted molar refractivity (Wildman–Crippen MR) is 115 cm³/mol. The van der Waals surface area contributed by atoms with Crippen LogP contribution in [0.15, 0.2) is 4.99 Å². The third-order valence-electron chi connectivity index (χ3n) is 5.23. The summed E-state index contributed by atoms with van der Waals surface area (Å²) in [4.78, 5) is 4.87. The Labute approximate surface area is 171 Å². The van der Waals surface area contributed by atoms with Gasteiger partial charge in [0.05, 0.1) is 0 Å². The predicted octanol–water partition coefficient (Wildman–Crippen LogP) is 3.57. The van der Waals surface area contributed by atoms with Gasteiger partial charge in [0.2, 0.25) is 0 Å². The molecule has 0 amide bonds. The molecule has 2 fully saturated rings. The molecular formula is C19H38IN3O2. The lowest BCUT2D eigenvalue weighted by Crippen LogP contribution is -2.39. The molecule has 5 nitrogen and oxygen atoms in total. The quantitative estimate of drug-likeness (QED) is 0.200. The number of hydrogen-bond donors (Lipinski definition) is 2. The number of methoxy groups -OCH3 is 1. The highest BCUT2D eigenvalue weighted by Gasteiger charge is 2.33. The van der Waals surface area contributed by atoms with E-state index in [1.165, 1.54) is 38.5 Å². The molecule has 0 atom stereocenters. The largest absolute Gasteiger partial charge is 0.385 e. The zero-order chi connectivity index (χ0) is 17.1. The van der Waals surface area contributed by atoms with Gasteiger partial charge in [-0.2, -0.15) is 0 Å². The first-order chi connectivity index (χ1) is 11.8. The third kappa shape index (κ3) is 9.43. The summed E-state index contributed by atoms with van der Waals surface area (Å²) in [5.74, 6) is 1.80. The van der Waals surface area contributed by atoms with E-state index in [-0.39, 0.29) is 24.0 Å². The van der Waals surface area contributed by atoms with Gasteiger partial charge < -0.3 is 20.1 Å². The van der Waals surface area contributed by atoms with Gasteiger partial charge in [0.1, 0.15) is 0 Å². The van der Waals surface area contributed by atoms with Crippen molar-refractivity contribution in [3.05, 3.63) is 0 Å². The maximum absolute atomic E-state index is 5.69. The maximum Gasteiger partial charge on any atom is 0.191 e. The summed E-state index contributed by atoms with van der Waals surface area (Å²) in [7, 11) is 1.79. The Hall–Kier alpha value is -0.0800. The molecule has 0 unspecified atom stereocenters. The van der Waals surface area contributed by atoms with Crippen LogP contribution in [0.5, 0.6) is 0 Å². The number of nitrogens with zero attached hydrogens (tertiary/aromatic N) is 1. The molecule has 0 radical (unpaired) electrons. The number of ether oxygens (including phenoxy) is 2. The Morgan fingerprint density at radius 3 is 2.56 bits per heavy atom. The van der Waals surface area contributed by atoms with Crippen molar-refractivity contribution in [3.63, 3.8) is 0 Å². The van der Waals surface area contributed by atoms with Crippen LogP contribution in [0.2, 0.25) is 0 Å². The van der Waals surface area contributed by atoms with Gasteiger partial charge in [-0.3, -0.25) is 4.99 Å². The van der Waals surface area contributed by atoms with Gasteiger partial charge in [0, 0.05) is 46.6 Å². The minimum Gasteiger partial charge on any atom is -0.385 e. The van der Waals surface area contributed by atoms with E-state index in [0.29, 0.717) is 5.41 Å². The molecule has 0 aromatic heterocycles. The van der Waals surface area contributed by atoms with Gasteiger partial charge in [-0.25, -0.2) is 0 Å². The molecule has 0 aromatic rings. The first kappa shape index (κ1) is 23.0. The lowest BCUT2D eigenvalue weighted by atomic mass is 9.83. The Morgan fingerprint density at radius 1 is 1.16 bits per heavy atom. The molecule has 2 aliphatic carbocycles. The van der Waals surface area contributed by atoms with E-state index >= 15 is 0 Å². The van der Waals surface area contributed by atoms with Gasteiger partial charge in [-0.15, -0.1) is 24.0 Å². The molecule has 2 rings (SSSR count). The molecule has 0 saturated heterocycles. The summed E-state index contributed by atoms with van der Waals surface area (Å²) in [6, 6.07) is 0. The topological polar surface area (TPSA) is 54.9 Å². The first-order valence-corrected chi connectivity index (χ1v) is 9.87. The van der Waals surface area contributed by atoms with E-state index in [4.69, 9.17) is 14.5 Å². The van der Waals surface area contributed by atoms with Crippen LogP contribution in [-0.2, 0) is 9.47 Å². The average molecular weight is 467 g/mol. The van der Waals surface area contributed by atoms with E-state index in [1.807, 2.05) is 0 Å². The summed E-state index contributed by atoms with van der Waals surface area (Å²) < 4.78 is 11.0. The standard InChI is InChI=1S/C19H37N3O2.HI/c1-3-20-18(21-12-6-13-24-15-17-7-8-17)22-16-19(11-14-23-2)9-4-5-10-19;/h17H,3-16H2,1-2H3,(H2,20,21,22);1H. The fourth-order valence-electron chi connectivity index (χ4n) is 3.43. The highest BCUT2D eigenvalue weighted by atomic mass is 127. The van der Waals surface area contributed by atoms with Crippen molar-refractivity contribution < 1.29 is 9.47 Å². The summed E-state index contributed by atoms with van der Waals surface area (Å²) in [6.45, 7) is 7.49. The second-order valence-electron chi connectivity index (χ2n) is 7.44. The Kier molecular flexibility index (Phi) is 12.1. The molecule has 2 saturated carbocycles. The minimum atomic E-state index is 0. The summed E-state index contributed by atoms with van der Waals surface area (Å²) >= 11 is 0. The zero-order valence-corrected chi connectivity index (χ0v) is 18.5. The van der Waals surface area contributed by atoms with Crippen LogP contribution in [-0.4, -0.2) is 52.5 Å². The van der Waals surface area contributed by atoms with Crippen LogP contribution in [0.1, 0.15) is 58.3 Å². The van der Waals surface area contributed by atoms with Crippen molar-refractivity contribution in [2.45, 2.75) is 58.3 Å². The zero-order valence-electron chi connectivity index (χ0n) is 16.1. The molecule has 2 aliphatic rings. The number of rotatable bonds is 12. The van der Waals surface area contributed by atoms with Crippen molar-refractivity contribution in [1.82, 2.24) is 10.6 Å². The van der Waals surface area contributed by atoms with Crippen molar-refractivity contribution in [3.8, 4) is 0 Å². The van der Waals surface area contributed by atoms with Gasteiger partial charge >= 0.3 is 0 Å². The van der Waals surface area contributed by atoms with E-state index in [1.54, 1.807) is 7.11 Å². The monoisotopic (exact) mass is 467 g/mol. The molecule has 0 spiro atoms. The average Bonchev–Trinajstić information content (AvgIpc) is 3.30. The maximum atomic E-state index is 5.69. The first-order valence-electron chi connectivity index (χ1n) is 9.87. The van der Waals surface area contributed by atoms with Gasteiger partial charge in [0.25, 0.3) is 0 Å². The van der Waals surface area contributed by atoms with E-state index < -0.39 is 0 Å². The fraction of sp³-hybridized carbons (Fsp3) is 0.947. The molecule has 0 heterocycles. The van der Waals surface area contributed by atoms with E-state index in [9.17, 15) is 0 Å². The summed E-state index contributed by atoms with van der Waals surface area (Å²) in [6.07, 6.45) is 10.1. The molecule has 148 valence electrons. The van der Waals surface area contributed by atoms with Crippen LogP contribution >= 0.6 is 24.0 Å². The molecular weight excluding hydrogens is 429 g/mol. The molecule has 6 heteroatoms. The Bertz CT molecular complexity index is 370. The van der Waals surface area contributed by atoms with Crippen LogP contribution in [0.3, 0.4) is 0 Å². The lowest BCUT2D eigenvalue weighted by Gasteiger charge is -2.27. The third-order valence-corrected chi connectivity index (χ3v) is 5.23. The highest BCUT2D eigenvalue weighted by molar-refractivity contribution is 14.0. The second kappa shape index (κ2) is 13.1. The van der Waals surface area contributed by atoms with Crippen molar-refractivity contribution in [2.75, 3.05) is 46.6 Å².